The molecule has 3 nitrogen and oxygen atoms in total. The van der Waals surface area contributed by atoms with Crippen LogP contribution in [0.1, 0.15) is 19.8 Å². The minimum absolute atomic E-state index is 0.529. The highest BCUT2D eigenvalue weighted by molar-refractivity contribution is 4.77. The quantitative estimate of drug-likeness (QED) is 0.333. The number of rotatable bonds is 1. The van der Waals surface area contributed by atoms with Crippen LogP contribution >= 0.6 is 0 Å². The largest absolute Gasteiger partial charge is 0.314 e. The van der Waals surface area contributed by atoms with Crippen molar-refractivity contribution in [3.63, 3.8) is 0 Å². The molecule has 1 aliphatic rings. The van der Waals surface area contributed by atoms with Crippen LogP contribution in [-0.2, 0) is 0 Å². The third-order valence-corrected chi connectivity index (χ3v) is 1.86. The second-order valence-electron chi connectivity index (χ2n) is 2.74. The van der Waals surface area contributed by atoms with Crippen molar-refractivity contribution < 1.29 is 0 Å². The fraction of sp³-hybridized carbons (Fsp3) is 1.00. The molecular formula is C6H15N3. The van der Waals surface area contributed by atoms with Gasteiger partial charge in [0.2, 0.25) is 0 Å². The summed E-state index contributed by atoms with van der Waals surface area (Å²) in [5.74, 6) is 5.29. The van der Waals surface area contributed by atoms with Gasteiger partial charge in [0.15, 0.2) is 0 Å². The van der Waals surface area contributed by atoms with Crippen molar-refractivity contribution in [1.82, 2.24) is 10.7 Å². The number of nitrogens with one attached hydrogen (secondary N) is 2. The van der Waals surface area contributed by atoms with Crippen molar-refractivity contribution in [2.75, 3.05) is 6.54 Å². The molecule has 3 heteroatoms. The Morgan fingerprint density at radius 1 is 1.67 bits per heavy atom. The first-order valence-corrected chi connectivity index (χ1v) is 3.52. The molecule has 0 aromatic rings. The average molecular weight is 129 g/mol. The second-order valence-corrected chi connectivity index (χ2v) is 2.74. The summed E-state index contributed by atoms with van der Waals surface area (Å²) in [4.78, 5) is 0. The smallest absolute Gasteiger partial charge is 0.0237 e. The van der Waals surface area contributed by atoms with Crippen LogP contribution in [0.3, 0.4) is 0 Å². The van der Waals surface area contributed by atoms with Gasteiger partial charge in [0.1, 0.15) is 0 Å². The minimum Gasteiger partial charge on any atom is -0.314 e. The van der Waals surface area contributed by atoms with E-state index in [1.165, 1.54) is 0 Å². The fourth-order valence-electron chi connectivity index (χ4n) is 1.28. The van der Waals surface area contributed by atoms with Crippen molar-refractivity contribution in [2.45, 2.75) is 31.8 Å². The molecule has 0 aromatic heterocycles. The highest BCUT2D eigenvalue weighted by atomic mass is 15.2. The van der Waals surface area contributed by atoms with Crippen LogP contribution in [0.15, 0.2) is 0 Å². The zero-order valence-corrected chi connectivity index (χ0v) is 5.85. The Morgan fingerprint density at radius 2 is 2.44 bits per heavy atom. The van der Waals surface area contributed by atoms with Crippen LogP contribution in [0.5, 0.6) is 0 Å². The Kier molecular flexibility index (Phi) is 2.45. The molecule has 0 aromatic carbocycles. The van der Waals surface area contributed by atoms with E-state index in [0.717, 1.165) is 19.4 Å². The Labute approximate surface area is 56.0 Å². The number of hydrogen-bond donors (Lipinski definition) is 3. The number of hydrogen-bond acceptors (Lipinski definition) is 3. The molecular weight excluding hydrogens is 114 g/mol. The number of piperidine rings is 1. The molecule has 0 amide bonds. The first-order valence-electron chi connectivity index (χ1n) is 3.52. The zero-order chi connectivity index (χ0) is 6.69. The van der Waals surface area contributed by atoms with Gasteiger partial charge in [-0.2, -0.15) is 0 Å². The lowest BCUT2D eigenvalue weighted by Crippen LogP contribution is -2.47. The van der Waals surface area contributed by atoms with Crippen LogP contribution in [0.4, 0.5) is 0 Å². The fourth-order valence-corrected chi connectivity index (χ4v) is 1.28. The molecule has 4 N–H and O–H groups in total. The van der Waals surface area contributed by atoms with Gasteiger partial charge < -0.3 is 5.32 Å². The maximum Gasteiger partial charge on any atom is 0.0237 e. The highest BCUT2D eigenvalue weighted by Crippen LogP contribution is 2.05. The molecule has 2 unspecified atom stereocenters. The van der Waals surface area contributed by atoms with Gasteiger partial charge in [-0.3, -0.25) is 11.3 Å². The molecule has 1 heterocycles. The van der Waals surface area contributed by atoms with Crippen LogP contribution in [0, 0.1) is 0 Å². The molecule has 0 bridgehead atoms. The van der Waals surface area contributed by atoms with E-state index in [1.807, 2.05) is 0 Å². The van der Waals surface area contributed by atoms with Gasteiger partial charge in [-0.15, -0.1) is 0 Å². The molecule has 9 heavy (non-hydrogen) atoms. The van der Waals surface area contributed by atoms with E-state index in [0.29, 0.717) is 12.1 Å². The maximum absolute atomic E-state index is 5.29. The number of hydrazine groups is 1. The summed E-state index contributed by atoms with van der Waals surface area (Å²) in [6.45, 7) is 3.28. The zero-order valence-electron chi connectivity index (χ0n) is 5.85. The van der Waals surface area contributed by atoms with Gasteiger partial charge in [-0.1, -0.05) is 0 Å². The topological polar surface area (TPSA) is 50.1 Å². The van der Waals surface area contributed by atoms with E-state index in [-0.39, 0.29) is 0 Å². The third-order valence-electron chi connectivity index (χ3n) is 1.86. The SMILES string of the molecule is CC1CC(NN)CCN1. The van der Waals surface area contributed by atoms with E-state index in [4.69, 9.17) is 5.84 Å². The molecule has 1 saturated heterocycles. The summed E-state index contributed by atoms with van der Waals surface area (Å²) in [5.41, 5.74) is 2.79. The standard InChI is InChI=1S/C6H15N3/c1-5-4-6(9-7)2-3-8-5/h5-6,8-9H,2-4,7H2,1H3. The minimum atomic E-state index is 0.529. The summed E-state index contributed by atoms with van der Waals surface area (Å²) >= 11 is 0. The summed E-state index contributed by atoms with van der Waals surface area (Å²) < 4.78 is 0. The highest BCUT2D eigenvalue weighted by Gasteiger charge is 2.15. The molecule has 0 aliphatic carbocycles. The van der Waals surface area contributed by atoms with Crippen molar-refractivity contribution in [3.05, 3.63) is 0 Å². The Bertz CT molecular complexity index is 84.4. The Balaban J connectivity index is 2.23. The van der Waals surface area contributed by atoms with E-state index < -0.39 is 0 Å². The van der Waals surface area contributed by atoms with Gasteiger partial charge in [0, 0.05) is 12.1 Å². The molecule has 54 valence electrons. The first-order chi connectivity index (χ1) is 4.33. The second kappa shape index (κ2) is 3.15. The molecule has 1 fully saturated rings. The van der Waals surface area contributed by atoms with E-state index >= 15 is 0 Å². The summed E-state index contributed by atoms with van der Waals surface area (Å²) in [5, 5.41) is 3.35. The van der Waals surface area contributed by atoms with Crippen LogP contribution in [0.25, 0.3) is 0 Å². The van der Waals surface area contributed by atoms with Crippen molar-refractivity contribution in [1.29, 1.82) is 0 Å². The molecule has 0 radical (unpaired) electrons. The van der Waals surface area contributed by atoms with Gasteiger partial charge in [-0.25, -0.2) is 0 Å². The Hall–Kier alpha value is -0.120. The third kappa shape index (κ3) is 1.93. The van der Waals surface area contributed by atoms with Crippen LogP contribution < -0.4 is 16.6 Å². The van der Waals surface area contributed by atoms with Gasteiger partial charge >= 0.3 is 0 Å². The monoisotopic (exact) mass is 129 g/mol. The number of nitrogens with two attached hydrogens (primary N) is 1. The van der Waals surface area contributed by atoms with Gasteiger partial charge in [0.25, 0.3) is 0 Å². The summed E-state index contributed by atoms with van der Waals surface area (Å²) in [7, 11) is 0. The predicted octanol–water partition coefficient (Wildman–Crippen LogP) is -0.410. The summed E-state index contributed by atoms with van der Waals surface area (Å²) in [6.07, 6.45) is 2.30. The molecule has 1 rings (SSSR count). The molecule has 2 atom stereocenters. The van der Waals surface area contributed by atoms with Gasteiger partial charge in [0.05, 0.1) is 0 Å². The maximum atomic E-state index is 5.29. The normalized spacial score (nSPS) is 36.7. The first kappa shape index (κ1) is 6.99. The van der Waals surface area contributed by atoms with Crippen LogP contribution in [-0.4, -0.2) is 18.6 Å². The lowest BCUT2D eigenvalue weighted by molar-refractivity contribution is 0.336. The van der Waals surface area contributed by atoms with Crippen molar-refractivity contribution >= 4 is 0 Å². The molecule has 0 saturated carbocycles. The van der Waals surface area contributed by atoms with Crippen molar-refractivity contribution in [2.24, 2.45) is 5.84 Å². The molecule has 1 aliphatic heterocycles. The Morgan fingerprint density at radius 3 is 2.89 bits per heavy atom. The van der Waals surface area contributed by atoms with Crippen molar-refractivity contribution in [3.8, 4) is 0 Å². The van der Waals surface area contributed by atoms with E-state index in [2.05, 4.69) is 17.7 Å². The lowest BCUT2D eigenvalue weighted by atomic mass is 10.0. The van der Waals surface area contributed by atoms with E-state index in [1.54, 1.807) is 0 Å². The van der Waals surface area contributed by atoms with Crippen LogP contribution in [0.2, 0.25) is 0 Å². The molecule has 0 spiro atoms. The van der Waals surface area contributed by atoms with E-state index in [9.17, 15) is 0 Å². The predicted molar refractivity (Wildman–Crippen MR) is 37.8 cm³/mol. The average Bonchev–Trinajstić information content (AvgIpc) is 1.88. The van der Waals surface area contributed by atoms with Gasteiger partial charge in [-0.05, 0) is 26.3 Å². The lowest BCUT2D eigenvalue weighted by Gasteiger charge is -2.26. The summed E-state index contributed by atoms with van der Waals surface area (Å²) in [6, 6.07) is 1.15.